The second-order valence-electron chi connectivity index (χ2n) is 3.89. The van der Waals surface area contributed by atoms with Crippen molar-refractivity contribution in [3.8, 4) is 17.6 Å². The molecule has 6 nitrogen and oxygen atoms in total. The van der Waals surface area contributed by atoms with Crippen LogP contribution in [0.4, 0.5) is 5.69 Å². The molecule has 0 atom stereocenters. The zero-order valence-electron chi connectivity index (χ0n) is 12.0. The molecule has 0 bridgehead atoms. The van der Waals surface area contributed by atoms with Gasteiger partial charge in [-0.25, -0.2) is 0 Å². The Kier molecular flexibility index (Phi) is 6.35. The molecule has 0 spiro atoms. The van der Waals surface area contributed by atoms with Gasteiger partial charge in [0.15, 0.2) is 11.5 Å². The van der Waals surface area contributed by atoms with Gasteiger partial charge in [-0.2, -0.15) is 5.26 Å². The zero-order valence-corrected chi connectivity index (χ0v) is 12.0. The molecule has 0 unspecified atom stereocenters. The number of nitrogens with one attached hydrogen (secondary N) is 2. The summed E-state index contributed by atoms with van der Waals surface area (Å²) in [5.74, 6) is 0.531. The Hall–Kier alpha value is -2.94. The number of amides is 1. The van der Waals surface area contributed by atoms with Crippen LogP contribution in [0.5, 0.6) is 11.5 Å². The van der Waals surface area contributed by atoms with Crippen LogP contribution in [0.2, 0.25) is 0 Å². The summed E-state index contributed by atoms with van der Waals surface area (Å²) in [5, 5.41) is 14.4. The lowest BCUT2D eigenvalue weighted by molar-refractivity contribution is -0.112. The van der Waals surface area contributed by atoms with E-state index >= 15 is 0 Å². The predicted octanol–water partition coefficient (Wildman–Crippen LogP) is 1.83. The Labute approximate surface area is 123 Å². The first-order valence-electron chi connectivity index (χ1n) is 6.14. The maximum atomic E-state index is 12.0. The zero-order chi connectivity index (χ0) is 15.7. The fourth-order valence-electron chi connectivity index (χ4n) is 1.51. The largest absolute Gasteiger partial charge is 0.493 e. The summed E-state index contributed by atoms with van der Waals surface area (Å²) in [6.07, 6.45) is 2.97. The smallest absolute Gasteiger partial charge is 0.267 e. The van der Waals surface area contributed by atoms with Crippen molar-refractivity contribution in [2.24, 2.45) is 0 Å². The summed E-state index contributed by atoms with van der Waals surface area (Å²) < 4.78 is 10.3. The predicted molar refractivity (Wildman–Crippen MR) is 80.1 cm³/mol. The second kappa shape index (κ2) is 8.27. The van der Waals surface area contributed by atoms with Gasteiger partial charge in [-0.1, -0.05) is 6.08 Å². The summed E-state index contributed by atoms with van der Waals surface area (Å²) >= 11 is 0. The van der Waals surface area contributed by atoms with Crippen LogP contribution < -0.4 is 20.1 Å². The van der Waals surface area contributed by atoms with E-state index in [4.69, 9.17) is 14.7 Å². The van der Waals surface area contributed by atoms with Gasteiger partial charge in [0, 0.05) is 24.5 Å². The number of benzene rings is 1. The molecule has 0 aliphatic rings. The third kappa shape index (κ3) is 4.58. The maximum Gasteiger partial charge on any atom is 0.267 e. The van der Waals surface area contributed by atoms with Gasteiger partial charge in [-0.05, 0) is 12.1 Å². The van der Waals surface area contributed by atoms with Gasteiger partial charge in [0.25, 0.3) is 5.91 Å². The monoisotopic (exact) mass is 287 g/mol. The molecule has 0 fully saturated rings. The molecule has 0 aromatic heterocycles. The number of anilines is 1. The van der Waals surface area contributed by atoms with Crippen molar-refractivity contribution < 1.29 is 14.3 Å². The Morgan fingerprint density at radius 2 is 2.10 bits per heavy atom. The van der Waals surface area contributed by atoms with Crippen LogP contribution in [0.1, 0.15) is 0 Å². The number of rotatable bonds is 7. The average Bonchev–Trinajstić information content (AvgIpc) is 2.51. The van der Waals surface area contributed by atoms with Gasteiger partial charge < -0.3 is 20.1 Å². The first-order valence-corrected chi connectivity index (χ1v) is 6.14. The lowest BCUT2D eigenvalue weighted by Gasteiger charge is -2.10. The molecule has 0 heterocycles. The summed E-state index contributed by atoms with van der Waals surface area (Å²) in [6, 6.07) is 6.77. The van der Waals surface area contributed by atoms with Crippen LogP contribution in [0, 0.1) is 11.3 Å². The fraction of sp³-hybridized carbons (Fsp3) is 0.200. The van der Waals surface area contributed by atoms with E-state index in [-0.39, 0.29) is 5.57 Å². The van der Waals surface area contributed by atoms with E-state index in [2.05, 4.69) is 17.2 Å². The molecule has 21 heavy (non-hydrogen) atoms. The van der Waals surface area contributed by atoms with Gasteiger partial charge in [0.05, 0.1) is 14.2 Å². The molecule has 0 saturated carbocycles. The van der Waals surface area contributed by atoms with Gasteiger partial charge in [0.1, 0.15) is 11.6 Å². The third-order valence-electron chi connectivity index (χ3n) is 2.52. The van der Waals surface area contributed by atoms with Crippen molar-refractivity contribution in [3.05, 3.63) is 42.6 Å². The first kappa shape index (κ1) is 16.1. The standard InChI is InChI=1S/C15H17N3O3/c1-4-7-17-10-11(9-16)15(19)18-12-5-6-13(20-2)14(8-12)21-3/h4-6,8,10,17H,1,7H2,2-3H3,(H,18,19)/b11-10-. The minimum Gasteiger partial charge on any atom is -0.493 e. The lowest BCUT2D eigenvalue weighted by Crippen LogP contribution is -2.16. The van der Waals surface area contributed by atoms with Crippen LogP contribution in [0.25, 0.3) is 0 Å². The van der Waals surface area contributed by atoms with Gasteiger partial charge >= 0.3 is 0 Å². The molecule has 1 aromatic carbocycles. The van der Waals surface area contributed by atoms with Gasteiger partial charge in [-0.3, -0.25) is 4.79 Å². The van der Waals surface area contributed by atoms with Crippen LogP contribution >= 0.6 is 0 Å². The fourth-order valence-corrected chi connectivity index (χ4v) is 1.51. The summed E-state index contributed by atoms with van der Waals surface area (Å²) in [6.45, 7) is 4.00. The molecule has 110 valence electrons. The molecule has 0 radical (unpaired) electrons. The highest BCUT2D eigenvalue weighted by molar-refractivity contribution is 6.06. The van der Waals surface area contributed by atoms with E-state index < -0.39 is 5.91 Å². The van der Waals surface area contributed by atoms with E-state index in [1.54, 1.807) is 24.3 Å². The molecule has 1 amide bonds. The SMILES string of the molecule is C=CCN/C=C(/C#N)C(=O)Nc1ccc(OC)c(OC)c1. The average molecular weight is 287 g/mol. The van der Waals surface area contributed by atoms with Crippen LogP contribution in [0.3, 0.4) is 0 Å². The molecular formula is C15H17N3O3. The van der Waals surface area contributed by atoms with Crippen molar-refractivity contribution in [3.63, 3.8) is 0 Å². The van der Waals surface area contributed by atoms with E-state index in [0.29, 0.717) is 23.7 Å². The molecule has 0 aliphatic heterocycles. The minimum absolute atomic E-state index is 0.0355. The van der Waals surface area contributed by atoms with E-state index in [1.165, 1.54) is 20.4 Å². The van der Waals surface area contributed by atoms with E-state index in [9.17, 15) is 4.79 Å². The molecule has 0 aliphatic carbocycles. The van der Waals surface area contributed by atoms with Crippen molar-refractivity contribution in [1.82, 2.24) is 5.32 Å². The Morgan fingerprint density at radius 1 is 1.38 bits per heavy atom. The number of nitriles is 1. The Morgan fingerprint density at radius 3 is 2.67 bits per heavy atom. The summed E-state index contributed by atoms with van der Waals surface area (Å²) in [7, 11) is 3.03. The Balaban J connectivity index is 2.84. The van der Waals surface area contributed by atoms with Crippen molar-refractivity contribution >= 4 is 11.6 Å². The molecule has 2 N–H and O–H groups in total. The van der Waals surface area contributed by atoms with Crippen molar-refractivity contribution in [2.75, 3.05) is 26.1 Å². The minimum atomic E-state index is -0.513. The van der Waals surface area contributed by atoms with Gasteiger partial charge in [0.2, 0.25) is 0 Å². The number of carbonyl (C=O) groups is 1. The topological polar surface area (TPSA) is 83.4 Å². The van der Waals surface area contributed by atoms with Crippen LogP contribution in [-0.2, 0) is 4.79 Å². The highest BCUT2D eigenvalue weighted by Crippen LogP contribution is 2.29. The normalized spacial score (nSPS) is 10.2. The number of ether oxygens (including phenoxy) is 2. The third-order valence-corrected chi connectivity index (χ3v) is 2.52. The van der Waals surface area contributed by atoms with Crippen molar-refractivity contribution in [1.29, 1.82) is 5.26 Å². The van der Waals surface area contributed by atoms with Crippen molar-refractivity contribution in [2.45, 2.75) is 0 Å². The van der Waals surface area contributed by atoms with E-state index in [1.807, 2.05) is 6.07 Å². The lowest BCUT2D eigenvalue weighted by atomic mass is 10.2. The molecule has 6 heteroatoms. The molecule has 1 rings (SSSR count). The highest BCUT2D eigenvalue weighted by atomic mass is 16.5. The quantitative estimate of drug-likeness (QED) is 0.346. The molecule has 0 saturated heterocycles. The summed E-state index contributed by atoms with van der Waals surface area (Å²) in [4.78, 5) is 12.0. The number of carbonyl (C=O) groups excluding carboxylic acids is 1. The number of hydrogen-bond donors (Lipinski definition) is 2. The Bertz CT molecular complexity index is 588. The molecule has 1 aromatic rings. The number of methoxy groups -OCH3 is 2. The number of hydrogen-bond acceptors (Lipinski definition) is 5. The molecular weight excluding hydrogens is 270 g/mol. The van der Waals surface area contributed by atoms with Gasteiger partial charge in [-0.15, -0.1) is 6.58 Å². The summed E-state index contributed by atoms with van der Waals surface area (Å²) in [5.41, 5.74) is 0.467. The van der Waals surface area contributed by atoms with E-state index in [0.717, 1.165) is 0 Å². The highest BCUT2D eigenvalue weighted by Gasteiger charge is 2.11. The van der Waals surface area contributed by atoms with Crippen LogP contribution in [0.15, 0.2) is 42.6 Å². The second-order valence-corrected chi connectivity index (χ2v) is 3.89. The van der Waals surface area contributed by atoms with Crippen LogP contribution in [-0.4, -0.2) is 26.7 Å². The first-order chi connectivity index (χ1) is 10.2. The maximum absolute atomic E-state index is 12.0. The number of nitrogens with zero attached hydrogens (tertiary/aromatic N) is 1.